The first kappa shape index (κ1) is 11.2. The Labute approximate surface area is 86.0 Å². The molecule has 1 heterocycles. The van der Waals surface area contributed by atoms with Crippen LogP contribution in [-0.4, -0.2) is 29.9 Å². The van der Waals surface area contributed by atoms with E-state index in [2.05, 4.69) is 13.5 Å². The number of piperidine rings is 1. The molecular formula is C11H20N2O. The fourth-order valence-electron chi connectivity index (χ4n) is 1.96. The highest BCUT2D eigenvalue weighted by molar-refractivity contribution is 5.78. The molecule has 0 radical (unpaired) electrons. The Hall–Kier alpha value is -0.830. The van der Waals surface area contributed by atoms with Gasteiger partial charge in [0, 0.05) is 19.0 Å². The molecule has 2 unspecified atom stereocenters. The smallest absolute Gasteiger partial charge is 0.226 e. The molecule has 2 atom stereocenters. The third-order valence-corrected chi connectivity index (χ3v) is 2.95. The highest BCUT2D eigenvalue weighted by atomic mass is 16.2. The maximum Gasteiger partial charge on any atom is 0.226 e. The Morgan fingerprint density at radius 3 is 2.93 bits per heavy atom. The van der Waals surface area contributed by atoms with Crippen LogP contribution in [0.2, 0.25) is 0 Å². The summed E-state index contributed by atoms with van der Waals surface area (Å²) < 4.78 is 0. The SMILES string of the molecule is C=CCC(=O)N1CC(CN)CCC1C. The minimum absolute atomic E-state index is 0.186. The van der Waals surface area contributed by atoms with Gasteiger partial charge < -0.3 is 10.6 Å². The molecule has 0 aliphatic carbocycles. The zero-order chi connectivity index (χ0) is 10.6. The molecule has 1 rings (SSSR count). The van der Waals surface area contributed by atoms with Gasteiger partial charge in [-0.2, -0.15) is 0 Å². The second-order valence-corrected chi connectivity index (χ2v) is 4.07. The lowest BCUT2D eigenvalue weighted by atomic mass is 9.93. The van der Waals surface area contributed by atoms with E-state index in [0.717, 1.165) is 19.4 Å². The molecule has 3 heteroatoms. The Kier molecular flexibility index (Phi) is 4.14. The van der Waals surface area contributed by atoms with E-state index < -0.39 is 0 Å². The van der Waals surface area contributed by atoms with Gasteiger partial charge in [0.2, 0.25) is 5.91 Å². The first-order valence-electron chi connectivity index (χ1n) is 5.29. The van der Waals surface area contributed by atoms with Crippen LogP contribution in [0, 0.1) is 5.92 Å². The lowest BCUT2D eigenvalue weighted by Gasteiger charge is -2.37. The van der Waals surface area contributed by atoms with Gasteiger partial charge in [0.25, 0.3) is 0 Å². The minimum atomic E-state index is 0.186. The summed E-state index contributed by atoms with van der Waals surface area (Å²) in [6, 6.07) is 0.366. The van der Waals surface area contributed by atoms with Gasteiger partial charge in [0.15, 0.2) is 0 Å². The number of amides is 1. The van der Waals surface area contributed by atoms with Crippen molar-refractivity contribution in [1.29, 1.82) is 0 Å². The van der Waals surface area contributed by atoms with Gasteiger partial charge in [-0.25, -0.2) is 0 Å². The van der Waals surface area contributed by atoms with Gasteiger partial charge in [-0.05, 0) is 32.2 Å². The highest BCUT2D eigenvalue weighted by Crippen LogP contribution is 2.21. The number of rotatable bonds is 3. The summed E-state index contributed by atoms with van der Waals surface area (Å²) >= 11 is 0. The van der Waals surface area contributed by atoms with E-state index in [1.807, 2.05) is 4.90 Å². The standard InChI is InChI=1S/C11H20N2O/c1-3-4-11(14)13-8-10(7-12)6-5-9(13)2/h3,9-10H,1,4-8,12H2,2H3. The van der Waals surface area contributed by atoms with Crippen molar-refractivity contribution in [3.63, 3.8) is 0 Å². The second kappa shape index (κ2) is 5.15. The summed E-state index contributed by atoms with van der Waals surface area (Å²) in [5.41, 5.74) is 5.63. The molecule has 80 valence electrons. The fraction of sp³-hybridized carbons (Fsp3) is 0.727. The van der Waals surface area contributed by atoms with Crippen molar-refractivity contribution in [1.82, 2.24) is 4.90 Å². The van der Waals surface area contributed by atoms with E-state index in [1.165, 1.54) is 0 Å². The van der Waals surface area contributed by atoms with E-state index >= 15 is 0 Å². The average Bonchev–Trinajstić information content (AvgIpc) is 2.19. The van der Waals surface area contributed by atoms with Gasteiger partial charge in [-0.1, -0.05) is 6.08 Å². The zero-order valence-electron chi connectivity index (χ0n) is 8.91. The van der Waals surface area contributed by atoms with Gasteiger partial charge in [0.1, 0.15) is 0 Å². The van der Waals surface area contributed by atoms with E-state index in [9.17, 15) is 4.79 Å². The summed E-state index contributed by atoms with van der Waals surface area (Å²) in [7, 11) is 0. The molecular weight excluding hydrogens is 176 g/mol. The lowest BCUT2D eigenvalue weighted by molar-refractivity contribution is -0.134. The van der Waals surface area contributed by atoms with Crippen LogP contribution in [0.3, 0.4) is 0 Å². The molecule has 1 amide bonds. The van der Waals surface area contributed by atoms with Crippen molar-refractivity contribution >= 4 is 5.91 Å². The molecule has 3 nitrogen and oxygen atoms in total. The molecule has 0 saturated carbocycles. The topological polar surface area (TPSA) is 46.3 Å². The molecule has 0 spiro atoms. The van der Waals surface area contributed by atoms with Crippen LogP contribution in [0.5, 0.6) is 0 Å². The normalized spacial score (nSPS) is 27.4. The molecule has 1 aliphatic rings. The fourth-order valence-corrected chi connectivity index (χ4v) is 1.96. The van der Waals surface area contributed by atoms with Crippen LogP contribution in [0.15, 0.2) is 12.7 Å². The average molecular weight is 196 g/mol. The van der Waals surface area contributed by atoms with Gasteiger partial charge >= 0.3 is 0 Å². The number of carbonyl (C=O) groups excluding carboxylic acids is 1. The first-order valence-corrected chi connectivity index (χ1v) is 5.29. The molecule has 1 aliphatic heterocycles. The Morgan fingerprint density at radius 2 is 2.36 bits per heavy atom. The molecule has 2 N–H and O–H groups in total. The Morgan fingerprint density at radius 1 is 1.64 bits per heavy atom. The van der Waals surface area contributed by atoms with Crippen molar-refractivity contribution in [3.8, 4) is 0 Å². The third kappa shape index (κ3) is 2.58. The molecule has 1 fully saturated rings. The van der Waals surface area contributed by atoms with Crippen molar-refractivity contribution in [2.75, 3.05) is 13.1 Å². The van der Waals surface area contributed by atoms with Crippen LogP contribution in [0.4, 0.5) is 0 Å². The number of nitrogens with two attached hydrogens (primary N) is 1. The van der Waals surface area contributed by atoms with Crippen molar-refractivity contribution in [3.05, 3.63) is 12.7 Å². The molecule has 14 heavy (non-hydrogen) atoms. The molecule has 0 aromatic carbocycles. The number of hydrogen-bond acceptors (Lipinski definition) is 2. The monoisotopic (exact) mass is 196 g/mol. The number of hydrogen-bond donors (Lipinski definition) is 1. The minimum Gasteiger partial charge on any atom is -0.339 e. The quantitative estimate of drug-likeness (QED) is 0.688. The largest absolute Gasteiger partial charge is 0.339 e. The summed E-state index contributed by atoms with van der Waals surface area (Å²) in [5.74, 6) is 0.672. The summed E-state index contributed by atoms with van der Waals surface area (Å²) in [5, 5.41) is 0. The summed E-state index contributed by atoms with van der Waals surface area (Å²) in [6.07, 6.45) is 4.34. The van der Waals surface area contributed by atoms with Crippen molar-refractivity contribution in [2.24, 2.45) is 11.7 Å². The Balaban J connectivity index is 2.55. The second-order valence-electron chi connectivity index (χ2n) is 4.07. The maximum absolute atomic E-state index is 11.7. The van der Waals surface area contributed by atoms with Gasteiger partial charge in [0.05, 0.1) is 0 Å². The number of likely N-dealkylation sites (tertiary alicyclic amines) is 1. The van der Waals surface area contributed by atoms with Crippen molar-refractivity contribution in [2.45, 2.75) is 32.2 Å². The molecule has 1 saturated heterocycles. The third-order valence-electron chi connectivity index (χ3n) is 2.95. The first-order chi connectivity index (χ1) is 6.69. The van der Waals surface area contributed by atoms with Gasteiger partial charge in [-0.15, -0.1) is 6.58 Å². The van der Waals surface area contributed by atoms with Crippen LogP contribution in [0.25, 0.3) is 0 Å². The molecule has 0 aromatic heterocycles. The van der Waals surface area contributed by atoms with Crippen LogP contribution in [-0.2, 0) is 4.79 Å². The van der Waals surface area contributed by atoms with Crippen LogP contribution in [0.1, 0.15) is 26.2 Å². The maximum atomic E-state index is 11.7. The predicted octanol–water partition coefficient (Wildman–Crippen LogP) is 1.15. The zero-order valence-corrected chi connectivity index (χ0v) is 8.91. The van der Waals surface area contributed by atoms with E-state index in [0.29, 0.717) is 24.9 Å². The van der Waals surface area contributed by atoms with Crippen LogP contribution < -0.4 is 5.73 Å². The summed E-state index contributed by atoms with van der Waals surface area (Å²) in [6.45, 7) is 7.20. The predicted molar refractivity (Wildman–Crippen MR) is 57.8 cm³/mol. The molecule has 0 aromatic rings. The molecule has 0 bridgehead atoms. The van der Waals surface area contributed by atoms with E-state index in [-0.39, 0.29) is 5.91 Å². The number of nitrogens with zero attached hydrogens (tertiary/aromatic N) is 1. The Bertz CT molecular complexity index is 215. The number of carbonyl (C=O) groups is 1. The van der Waals surface area contributed by atoms with E-state index in [4.69, 9.17) is 5.73 Å². The lowest BCUT2D eigenvalue weighted by Crippen LogP contribution is -2.46. The van der Waals surface area contributed by atoms with Crippen LogP contribution >= 0.6 is 0 Å². The van der Waals surface area contributed by atoms with Gasteiger partial charge in [-0.3, -0.25) is 4.79 Å². The van der Waals surface area contributed by atoms with E-state index in [1.54, 1.807) is 6.08 Å². The highest BCUT2D eigenvalue weighted by Gasteiger charge is 2.27. The summed E-state index contributed by atoms with van der Waals surface area (Å²) in [4.78, 5) is 13.6. The van der Waals surface area contributed by atoms with Crippen molar-refractivity contribution < 1.29 is 4.79 Å².